The summed E-state index contributed by atoms with van der Waals surface area (Å²) in [6.07, 6.45) is 2.80. The van der Waals surface area contributed by atoms with E-state index in [1.807, 2.05) is 25.1 Å². The molecule has 4 heteroatoms. The molecular weight excluding hydrogens is 246 g/mol. The van der Waals surface area contributed by atoms with Gasteiger partial charge in [0.15, 0.2) is 0 Å². The molecule has 0 unspecified atom stereocenters. The van der Waals surface area contributed by atoms with Crippen molar-refractivity contribution in [1.82, 2.24) is 0 Å². The summed E-state index contributed by atoms with van der Waals surface area (Å²) in [5.41, 5.74) is 2.01. The van der Waals surface area contributed by atoms with Crippen molar-refractivity contribution in [3.8, 4) is 5.75 Å². The zero-order valence-electron chi connectivity index (χ0n) is 10.8. The molecular formula is C14H19NO2S. The van der Waals surface area contributed by atoms with Gasteiger partial charge in [-0.3, -0.25) is 4.79 Å². The summed E-state index contributed by atoms with van der Waals surface area (Å²) in [5.74, 6) is 1.70. The molecule has 0 bridgehead atoms. The van der Waals surface area contributed by atoms with E-state index in [1.54, 1.807) is 7.11 Å². The van der Waals surface area contributed by atoms with Crippen LogP contribution >= 0.6 is 12.6 Å². The van der Waals surface area contributed by atoms with Crippen LogP contribution in [0, 0.1) is 12.3 Å². The van der Waals surface area contributed by atoms with Crippen LogP contribution in [0.15, 0.2) is 18.2 Å². The van der Waals surface area contributed by atoms with Gasteiger partial charge in [-0.25, -0.2) is 0 Å². The third-order valence-corrected chi connectivity index (χ3v) is 4.18. The highest BCUT2D eigenvalue weighted by atomic mass is 32.1. The van der Waals surface area contributed by atoms with Crippen molar-refractivity contribution in [3.05, 3.63) is 23.8 Å². The molecule has 1 aliphatic carbocycles. The number of hydrogen-bond donors (Lipinski definition) is 2. The predicted octanol–water partition coefficient (Wildman–Crippen LogP) is 3.04. The lowest BCUT2D eigenvalue weighted by molar-refractivity contribution is -0.117. The monoisotopic (exact) mass is 265 g/mol. The summed E-state index contributed by atoms with van der Waals surface area (Å²) in [4.78, 5) is 11.9. The fraction of sp³-hybridized carbons (Fsp3) is 0.500. The van der Waals surface area contributed by atoms with Crippen LogP contribution in [0.5, 0.6) is 5.75 Å². The lowest BCUT2D eigenvalue weighted by Gasteiger charge is -2.13. The number of amides is 1. The van der Waals surface area contributed by atoms with Gasteiger partial charge in [-0.1, -0.05) is 0 Å². The molecule has 0 saturated heterocycles. The Morgan fingerprint density at radius 3 is 2.72 bits per heavy atom. The smallest absolute Gasteiger partial charge is 0.224 e. The van der Waals surface area contributed by atoms with E-state index in [-0.39, 0.29) is 11.3 Å². The first-order valence-electron chi connectivity index (χ1n) is 6.14. The van der Waals surface area contributed by atoms with Crippen LogP contribution < -0.4 is 10.1 Å². The maximum atomic E-state index is 11.9. The SMILES string of the molecule is COc1ccc(NC(=O)CC2(CS)CC2)cc1C. The number of nitrogens with one attached hydrogen (secondary N) is 1. The van der Waals surface area contributed by atoms with Crippen molar-refractivity contribution in [1.29, 1.82) is 0 Å². The van der Waals surface area contributed by atoms with Crippen molar-refractivity contribution in [2.45, 2.75) is 26.2 Å². The first kappa shape index (κ1) is 13.3. The minimum absolute atomic E-state index is 0.0751. The number of hydrogen-bond acceptors (Lipinski definition) is 3. The van der Waals surface area contributed by atoms with Gasteiger partial charge in [0, 0.05) is 12.1 Å². The number of aryl methyl sites for hydroxylation is 1. The van der Waals surface area contributed by atoms with Crippen LogP contribution in [-0.2, 0) is 4.79 Å². The van der Waals surface area contributed by atoms with Gasteiger partial charge in [0.2, 0.25) is 5.91 Å². The average Bonchev–Trinajstić information content (AvgIpc) is 3.09. The van der Waals surface area contributed by atoms with E-state index in [1.165, 1.54) is 0 Å². The third-order valence-electron chi connectivity index (χ3n) is 3.51. The van der Waals surface area contributed by atoms with Crippen LogP contribution in [0.3, 0.4) is 0 Å². The zero-order valence-corrected chi connectivity index (χ0v) is 11.7. The van der Waals surface area contributed by atoms with E-state index in [0.717, 1.165) is 35.6 Å². The number of carbonyl (C=O) groups is 1. The average molecular weight is 265 g/mol. The van der Waals surface area contributed by atoms with E-state index >= 15 is 0 Å². The Kier molecular flexibility index (Phi) is 3.85. The Morgan fingerprint density at radius 2 is 2.22 bits per heavy atom. The number of benzene rings is 1. The van der Waals surface area contributed by atoms with Crippen LogP contribution in [-0.4, -0.2) is 18.8 Å². The molecule has 0 spiro atoms. The Labute approximate surface area is 113 Å². The fourth-order valence-electron chi connectivity index (χ4n) is 2.07. The fourth-order valence-corrected chi connectivity index (χ4v) is 2.50. The second kappa shape index (κ2) is 5.22. The van der Waals surface area contributed by atoms with Crippen molar-refractivity contribution < 1.29 is 9.53 Å². The molecule has 1 aromatic rings. The summed E-state index contributed by atoms with van der Waals surface area (Å²) in [6, 6.07) is 5.66. The molecule has 18 heavy (non-hydrogen) atoms. The Hall–Kier alpha value is -1.16. The summed E-state index contributed by atoms with van der Waals surface area (Å²) in [6.45, 7) is 1.96. The van der Waals surface area contributed by atoms with Gasteiger partial charge in [-0.15, -0.1) is 0 Å². The molecule has 1 saturated carbocycles. The lowest BCUT2D eigenvalue weighted by Crippen LogP contribution is -2.18. The molecule has 1 amide bonds. The van der Waals surface area contributed by atoms with Crippen LogP contribution in [0.25, 0.3) is 0 Å². The highest BCUT2D eigenvalue weighted by Crippen LogP contribution is 2.49. The van der Waals surface area contributed by atoms with Crippen LogP contribution in [0.2, 0.25) is 0 Å². The minimum atomic E-state index is 0.0751. The second-order valence-electron chi connectivity index (χ2n) is 5.07. The number of carbonyl (C=O) groups excluding carboxylic acids is 1. The van der Waals surface area contributed by atoms with Gasteiger partial charge in [0.25, 0.3) is 0 Å². The molecule has 1 aliphatic rings. The molecule has 0 aliphatic heterocycles. The normalized spacial score (nSPS) is 16.2. The molecule has 1 aromatic carbocycles. The topological polar surface area (TPSA) is 38.3 Å². The Morgan fingerprint density at radius 1 is 1.50 bits per heavy atom. The highest BCUT2D eigenvalue weighted by molar-refractivity contribution is 7.80. The minimum Gasteiger partial charge on any atom is -0.496 e. The molecule has 0 atom stereocenters. The van der Waals surface area contributed by atoms with E-state index in [4.69, 9.17) is 4.74 Å². The van der Waals surface area contributed by atoms with Crippen LogP contribution in [0.4, 0.5) is 5.69 Å². The molecule has 1 N–H and O–H groups in total. The Balaban J connectivity index is 1.97. The number of methoxy groups -OCH3 is 1. The van der Waals surface area contributed by atoms with Gasteiger partial charge in [-0.2, -0.15) is 12.6 Å². The summed E-state index contributed by atoms with van der Waals surface area (Å²) in [5, 5.41) is 2.94. The standard InChI is InChI=1S/C14H19NO2S/c1-10-7-11(3-4-12(10)17-2)15-13(16)8-14(9-18)5-6-14/h3-4,7,18H,5-6,8-9H2,1-2H3,(H,15,16). The number of rotatable bonds is 5. The van der Waals surface area contributed by atoms with E-state index in [0.29, 0.717) is 6.42 Å². The second-order valence-corrected chi connectivity index (χ2v) is 5.38. The highest BCUT2D eigenvalue weighted by Gasteiger charge is 2.42. The number of thiol groups is 1. The molecule has 0 aromatic heterocycles. The quantitative estimate of drug-likeness (QED) is 0.803. The molecule has 1 fully saturated rings. The van der Waals surface area contributed by atoms with E-state index in [2.05, 4.69) is 17.9 Å². The number of anilines is 1. The third kappa shape index (κ3) is 2.99. The largest absolute Gasteiger partial charge is 0.496 e. The van der Waals surface area contributed by atoms with Crippen molar-refractivity contribution in [3.63, 3.8) is 0 Å². The predicted molar refractivity (Wildman–Crippen MR) is 76.5 cm³/mol. The zero-order chi connectivity index (χ0) is 13.2. The summed E-state index contributed by atoms with van der Waals surface area (Å²) >= 11 is 4.31. The van der Waals surface area contributed by atoms with E-state index < -0.39 is 0 Å². The van der Waals surface area contributed by atoms with Gasteiger partial charge in [0.05, 0.1) is 7.11 Å². The maximum Gasteiger partial charge on any atom is 0.224 e. The molecule has 0 radical (unpaired) electrons. The first-order chi connectivity index (χ1) is 8.58. The summed E-state index contributed by atoms with van der Waals surface area (Å²) < 4.78 is 5.19. The number of ether oxygens (including phenoxy) is 1. The first-order valence-corrected chi connectivity index (χ1v) is 6.77. The van der Waals surface area contributed by atoms with Gasteiger partial charge in [0.1, 0.15) is 5.75 Å². The van der Waals surface area contributed by atoms with Gasteiger partial charge in [-0.05, 0) is 54.7 Å². The molecule has 0 heterocycles. The van der Waals surface area contributed by atoms with Gasteiger partial charge >= 0.3 is 0 Å². The molecule has 98 valence electrons. The maximum absolute atomic E-state index is 11.9. The Bertz CT molecular complexity index is 455. The van der Waals surface area contributed by atoms with Crippen molar-refractivity contribution in [2.75, 3.05) is 18.2 Å². The van der Waals surface area contributed by atoms with E-state index in [9.17, 15) is 4.79 Å². The van der Waals surface area contributed by atoms with Gasteiger partial charge < -0.3 is 10.1 Å². The molecule has 3 nitrogen and oxygen atoms in total. The van der Waals surface area contributed by atoms with Crippen LogP contribution in [0.1, 0.15) is 24.8 Å². The van der Waals surface area contributed by atoms with Crippen molar-refractivity contribution >= 4 is 24.2 Å². The summed E-state index contributed by atoms with van der Waals surface area (Å²) in [7, 11) is 1.64. The van der Waals surface area contributed by atoms with Crippen molar-refractivity contribution in [2.24, 2.45) is 5.41 Å². The molecule has 2 rings (SSSR count). The lowest BCUT2D eigenvalue weighted by atomic mass is 10.0.